The van der Waals surface area contributed by atoms with Crippen LogP contribution >= 0.6 is 0 Å². The predicted molar refractivity (Wildman–Crippen MR) is 129 cm³/mol. The van der Waals surface area contributed by atoms with E-state index < -0.39 is 54.6 Å². The Labute approximate surface area is 211 Å². The highest BCUT2D eigenvalue weighted by atomic mass is 16.6. The standard InChI is InChI=1S/C23H27N7O7/c1-23(2,3)37-22(35)25-9-13(31)30(12-7-5-4-6-8-12)15-16(32)20(36-17(15)21(33)34)29-11-28-14-18(24)26-10-27-19(14)29/h4-8,10-11,15-17,20,32H,9H2,1-3H3,(H,25,35)(H,33,34)(H2,24,26,27)/t15-,16+,17-,20-/m0/s1. The van der Waals surface area contributed by atoms with Gasteiger partial charge < -0.3 is 35.6 Å². The summed E-state index contributed by atoms with van der Waals surface area (Å²) in [5, 5.41) is 23.7. The van der Waals surface area contributed by atoms with Gasteiger partial charge in [0, 0.05) is 5.69 Å². The number of benzene rings is 1. The Kier molecular flexibility index (Phi) is 6.96. The number of aliphatic hydroxyl groups is 1. The van der Waals surface area contributed by atoms with Crippen LogP contribution in [0, 0.1) is 0 Å². The zero-order valence-electron chi connectivity index (χ0n) is 20.3. The van der Waals surface area contributed by atoms with Crippen molar-refractivity contribution >= 4 is 40.6 Å². The fourth-order valence-electron chi connectivity index (χ4n) is 4.06. The lowest BCUT2D eigenvalue weighted by Crippen LogP contribution is -2.55. The highest BCUT2D eigenvalue weighted by molar-refractivity contribution is 5.98. The molecule has 3 aromatic rings. The first-order valence-electron chi connectivity index (χ1n) is 11.3. The monoisotopic (exact) mass is 513 g/mol. The number of ether oxygens (including phenoxy) is 2. The van der Waals surface area contributed by atoms with E-state index in [1.807, 2.05) is 0 Å². The number of nitrogens with two attached hydrogens (primary N) is 1. The molecule has 4 atom stereocenters. The molecule has 0 unspecified atom stereocenters. The first-order valence-corrected chi connectivity index (χ1v) is 11.3. The Hall–Kier alpha value is -4.30. The first kappa shape index (κ1) is 25.8. The zero-order chi connectivity index (χ0) is 26.9. The van der Waals surface area contributed by atoms with Crippen LogP contribution in [-0.4, -0.2) is 78.1 Å². The number of carboxylic acids is 1. The lowest BCUT2D eigenvalue weighted by molar-refractivity contribution is -0.152. The maximum Gasteiger partial charge on any atom is 0.408 e. The Morgan fingerprint density at radius 1 is 1.19 bits per heavy atom. The van der Waals surface area contributed by atoms with Gasteiger partial charge in [0.15, 0.2) is 23.8 Å². The van der Waals surface area contributed by atoms with Crippen LogP contribution in [0.25, 0.3) is 11.2 Å². The van der Waals surface area contributed by atoms with E-state index in [0.29, 0.717) is 5.69 Å². The van der Waals surface area contributed by atoms with Gasteiger partial charge >= 0.3 is 12.1 Å². The second kappa shape index (κ2) is 9.99. The minimum atomic E-state index is -1.64. The summed E-state index contributed by atoms with van der Waals surface area (Å²) in [5.74, 6) is -2.01. The number of para-hydroxylation sites is 1. The van der Waals surface area contributed by atoms with Gasteiger partial charge in [0.2, 0.25) is 5.91 Å². The number of nitrogens with one attached hydrogen (secondary N) is 1. The lowest BCUT2D eigenvalue weighted by Gasteiger charge is -2.32. The van der Waals surface area contributed by atoms with Gasteiger partial charge in [-0.3, -0.25) is 9.36 Å². The molecule has 37 heavy (non-hydrogen) atoms. The van der Waals surface area contributed by atoms with Gasteiger partial charge in [0.1, 0.15) is 36.1 Å². The molecule has 2 aromatic heterocycles. The van der Waals surface area contributed by atoms with Crippen LogP contribution in [0.5, 0.6) is 0 Å². The number of aromatic nitrogens is 4. The molecule has 14 nitrogen and oxygen atoms in total. The van der Waals surface area contributed by atoms with Gasteiger partial charge in [0.25, 0.3) is 0 Å². The molecule has 0 aliphatic carbocycles. The number of anilines is 2. The molecule has 196 valence electrons. The summed E-state index contributed by atoms with van der Waals surface area (Å²) in [6, 6.07) is 6.78. The number of rotatable bonds is 6. The number of aliphatic carboxylic acids is 1. The summed E-state index contributed by atoms with van der Waals surface area (Å²) in [5.41, 5.74) is 5.80. The summed E-state index contributed by atoms with van der Waals surface area (Å²) in [6.45, 7) is 4.49. The molecule has 14 heteroatoms. The number of hydrogen-bond acceptors (Lipinski definition) is 10. The normalized spacial score (nSPS) is 21.5. The summed E-state index contributed by atoms with van der Waals surface area (Å²) in [4.78, 5) is 51.0. The van der Waals surface area contributed by atoms with Crippen LogP contribution in [-0.2, 0) is 19.1 Å². The van der Waals surface area contributed by atoms with Gasteiger partial charge in [-0.2, -0.15) is 0 Å². The number of hydrogen-bond donors (Lipinski definition) is 4. The van der Waals surface area contributed by atoms with Crippen molar-refractivity contribution in [3.8, 4) is 0 Å². The zero-order valence-corrected chi connectivity index (χ0v) is 20.3. The summed E-state index contributed by atoms with van der Waals surface area (Å²) >= 11 is 0. The molecular formula is C23H27N7O7. The van der Waals surface area contributed by atoms with Crippen molar-refractivity contribution < 1.29 is 34.1 Å². The van der Waals surface area contributed by atoms with Crippen molar-refractivity contribution in [1.29, 1.82) is 0 Å². The van der Waals surface area contributed by atoms with E-state index in [2.05, 4.69) is 20.3 Å². The molecule has 1 aliphatic rings. The number of nitrogens with zero attached hydrogens (tertiary/aromatic N) is 5. The quantitative estimate of drug-likeness (QED) is 0.362. The second-order valence-electron chi connectivity index (χ2n) is 9.30. The first-order chi connectivity index (χ1) is 17.5. The average molecular weight is 514 g/mol. The minimum absolute atomic E-state index is 0.0943. The van der Waals surface area contributed by atoms with Crippen molar-refractivity contribution in [1.82, 2.24) is 24.8 Å². The summed E-state index contributed by atoms with van der Waals surface area (Å²) < 4.78 is 12.3. The number of fused-ring (bicyclic) bond motifs is 1. The predicted octanol–water partition coefficient (Wildman–Crippen LogP) is 0.678. The molecule has 0 radical (unpaired) electrons. The Balaban J connectivity index is 1.68. The van der Waals surface area contributed by atoms with Gasteiger partial charge in [-0.15, -0.1) is 0 Å². The van der Waals surface area contributed by atoms with Crippen LogP contribution < -0.4 is 16.0 Å². The number of alkyl carbamates (subject to hydrolysis) is 1. The lowest BCUT2D eigenvalue weighted by atomic mass is 10.0. The number of aliphatic hydroxyl groups excluding tert-OH is 1. The van der Waals surface area contributed by atoms with Gasteiger partial charge in [-0.25, -0.2) is 24.5 Å². The smallest absolute Gasteiger partial charge is 0.408 e. The van der Waals surface area contributed by atoms with Crippen LogP contribution in [0.4, 0.5) is 16.3 Å². The number of carboxylic acid groups (broad SMARTS) is 1. The van der Waals surface area contributed by atoms with Gasteiger partial charge in [0.05, 0.1) is 6.33 Å². The van der Waals surface area contributed by atoms with Crippen molar-refractivity contribution in [3.63, 3.8) is 0 Å². The Morgan fingerprint density at radius 3 is 2.54 bits per heavy atom. The number of carbonyl (C=O) groups excluding carboxylic acids is 2. The third kappa shape index (κ3) is 5.29. The number of carbonyl (C=O) groups is 3. The topological polar surface area (TPSA) is 195 Å². The van der Waals surface area contributed by atoms with Crippen molar-refractivity contribution in [2.75, 3.05) is 17.2 Å². The van der Waals surface area contributed by atoms with Gasteiger partial charge in [-0.1, -0.05) is 18.2 Å². The van der Waals surface area contributed by atoms with E-state index in [1.165, 1.54) is 17.2 Å². The number of nitrogen functional groups attached to an aromatic ring is 1. The van der Waals surface area contributed by atoms with E-state index in [4.69, 9.17) is 15.2 Å². The van der Waals surface area contributed by atoms with Crippen molar-refractivity contribution in [2.24, 2.45) is 0 Å². The maximum atomic E-state index is 13.4. The number of amides is 2. The van der Waals surface area contributed by atoms with E-state index in [-0.39, 0.29) is 17.0 Å². The van der Waals surface area contributed by atoms with E-state index >= 15 is 0 Å². The average Bonchev–Trinajstić information content (AvgIpc) is 3.40. The molecule has 0 spiro atoms. The molecule has 1 saturated heterocycles. The molecule has 2 amide bonds. The molecule has 1 aliphatic heterocycles. The Morgan fingerprint density at radius 2 is 1.89 bits per heavy atom. The third-order valence-corrected chi connectivity index (χ3v) is 5.53. The SMILES string of the molecule is CC(C)(C)OC(=O)NCC(=O)N(c1ccccc1)[C@H]1[C@@H](O)[C@@H](n2cnc3c(N)ncnc32)O[C@@H]1C(=O)O. The van der Waals surface area contributed by atoms with Crippen LogP contribution in [0.15, 0.2) is 43.0 Å². The van der Waals surface area contributed by atoms with E-state index in [1.54, 1.807) is 51.1 Å². The fraction of sp³-hybridized carbons (Fsp3) is 0.391. The van der Waals surface area contributed by atoms with E-state index in [9.17, 15) is 24.6 Å². The third-order valence-electron chi connectivity index (χ3n) is 5.53. The van der Waals surface area contributed by atoms with Crippen LogP contribution in [0.1, 0.15) is 27.0 Å². The van der Waals surface area contributed by atoms with Crippen LogP contribution in [0.3, 0.4) is 0 Å². The maximum absolute atomic E-state index is 13.4. The van der Waals surface area contributed by atoms with Crippen molar-refractivity contribution in [2.45, 2.75) is 50.8 Å². The molecule has 1 aromatic carbocycles. The second-order valence-corrected chi connectivity index (χ2v) is 9.30. The van der Waals surface area contributed by atoms with Crippen LogP contribution in [0.2, 0.25) is 0 Å². The minimum Gasteiger partial charge on any atom is -0.479 e. The molecule has 1 fully saturated rings. The molecule has 0 bridgehead atoms. The summed E-state index contributed by atoms with van der Waals surface area (Å²) in [7, 11) is 0. The number of imidazole rings is 1. The van der Waals surface area contributed by atoms with E-state index in [0.717, 1.165) is 4.90 Å². The summed E-state index contributed by atoms with van der Waals surface area (Å²) in [6.07, 6.45) is -2.78. The molecule has 0 saturated carbocycles. The molecular weight excluding hydrogens is 486 g/mol. The van der Waals surface area contributed by atoms with Gasteiger partial charge in [-0.05, 0) is 32.9 Å². The van der Waals surface area contributed by atoms with Crippen molar-refractivity contribution in [3.05, 3.63) is 43.0 Å². The molecule has 4 rings (SSSR count). The fourth-order valence-corrected chi connectivity index (χ4v) is 4.06. The molecule has 5 N–H and O–H groups in total. The highest BCUT2D eigenvalue weighted by Crippen LogP contribution is 2.36. The Bertz CT molecular complexity index is 1310. The highest BCUT2D eigenvalue weighted by Gasteiger charge is 2.53. The molecule has 3 heterocycles. The largest absolute Gasteiger partial charge is 0.479 e.